The van der Waals surface area contributed by atoms with Crippen molar-refractivity contribution < 1.29 is 4.79 Å². The number of nitrogens with one attached hydrogen (secondary N) is 1. The molecule has 0 unspecified atom stereocenters. The molecule has 1 saturated heterocycles. The van der Waals surface area contributed by atoms with Crippen LogP contribution in [0.15, 0.2) is 30.3 Å². The Labute approximate surface area is 145 Å². The van der Waals surface area contributed by atoms with Gasteiger partial charge in [0.15, 0.2) is 0 Å². The predicted molar refractivity (Wildman–Crippen MR) is 97.5 cm³/mol. The first-order chi connectivity index (χ1) is 11.7. The molecule has 2 fully saturated rings. The van der Waals surface area contributed by atoms with Crippen LogP contribution < -0.4 is 11.1 Å². The van der Waals surface area contributed by atoms with Gasteiger partial charge in [-0.25, -0.2) is 0 Å². The van der Waals surface area contributed by atoms with Gasteiger partial charge in [-0.05, 0) is 50.3 Å². The van der Waals surface area contributed by atoms with Gasteiger partial charge in [0.2, 0.25) is 5.91 Å². The summed E-state index contributed by atoms with van der Waals surface area (Å²) in [7, 11) is 0. The first kappa shape index (κ1) is 17.4. The van der Waals surface area contributed by atoms with Crippen LogP contribution in [0.2, 0.25) is 0 Å². The van der Waals surface area contributed by atoms with E-state index >= 15 is 0 Å². The lowest BCUT2D eigenvalue weighted by molar-refractivity contribution is -0.127. The third-order valence-electron chi connectivity index (χ3n) is 5.71. The van der Waals surface area contributed by atoms with Gasteiger partial charge in [-0.1, -0.05) is 49.6 Å². The van der Waals surface area contributed by atoms with E-state index in [0.717, 1.165) is 64.7 Å². The van der Waals surface area contributed by atoms with Gasteiger partial charge in [-0.3, -0.25) is 9.69 Å². The van der Waals surface area contributed by atoms with E-state index in [2.05, 4.69) is 40.5 Å². The molecule has 0 aromatic heterocycles. The first-order valence-electron chi connectivity index (χ1n) is 9.49. The molecule has 4 nitrogen and oxygen atoms in total. The third-order valence-corrected chi connectivity index (χ3v) is 5.71. The van der Waals surface area contributed by atoms with Crippen molar-refractivity contribution >= 4 is 5.91 Å². The van der Waals surface area contributed by atoms with Crippen LogP contribution in [0, 0.1) is 5.92 Å². The number of likely N-dealkylation sites (tertiary alicyclic amines) is 1. The van der Waals surface area contributed by atoms with Gasteiger partial charge in [0.25, 0.3) is 0 Å². The Bertz CT molecular complexity index is 517. The second kappa shape index (κ2) is 8.13. The molecule has 1 aromatic carbocycles. The fourth-order valence-corrected chi connectivity index (χ4v) is 4.01. The number of carbonyl (C=O) groups excluding carboxylic acids is 1. The van der Waals surface area contributed by atoms with Crippen LogP contribution in [0.1, 0.15) is 50.5 Å². The molecule has 1 saturated carbocycles. The van der Waals surface area contributed by atoms with Crippen molar-refractivity contribution in [3.8, 4) is 0 Å². The highest BCUT2D eigenvalue weighted by Crippen LogP contribution is 2.26. The fourth-order valence-electron chi connectivity index (χ4n) is 4.01. The number of rotatable bonds is 5. The average molecular weight is 329 g/mol. The van der Waals surface area contributed by atoms with E-state index < -0.39 is 5.54 Å². The third kappa shape index (κ3) is 4.58. The number of nitrogens with two attached hydrogens (primary N) is 1. The Hall–Kier alpha value is -1.39. The summed E-state index contributed by atoms with van der Waals surface area (Å²) in [4.78, 5) is 14.9. The van der Waals surface area contributed by atoms with Crippen molar-refractivity contribution in [2.75, 3.05) is 19.6 Å². The SMILES string of the molecule is NC1(C(=O)NCC2CCN(Cc3ccccc3)CC2)CCCCC1. The van der Waals surface area contributed by atoms with Crippen LogP contribution in [0.3, 0.4) is 0 Å². The van der Waals surface area contributed by atoms with Crippen LogP contribution in [0.25, 0.3) is 0 Å². The van der Waals surface area contributed by atoms with Gasteiger partial charge in [0, 0.05) is 13.1 Å². The monoisotopic (exact) mass is 329 g/mol. The van der Waals surface area contributed by atoms with Crippen LogP contribution in [0.5, 0.6) is 0 Å². The lowest BCUT2D eigenvalue weighted by Crippen LogP contribution is -2.55. The predicted octanol–water partition coefficient (Wildman–Crippen LogP) is 2.68. The minimum Gasteiger partial charge on any atom is -0.354 e. The van der Waals surface area contributed by atoms with E-state index in [9.17, 15) is 4.79 Å². The van der Waals surface area contributed by atoms with Gasteiger partial charge >= 0.3 is 0 Å². The van der Waals surface area contributed by atoms with Crippen molar-refractivity contribution in [1.29, 1.82) is 0 Å². The van der Waals surface area contributed by atoms with E-state index in [1.807, 2.05) is 0 Å². The summed E-state index contributed by atoms with van der Waals surface area (Å²) < 4.78 is 0. The number of hydrogen-bond acceptors (Lipinski definition) is 3. The molecule has 4 heteroatoms. The van der Waals surface area contributed by atoms with E-state index in [4.69, 9.17) is 5.73 Å². The molecule has 2 aliphatic rings. The molecule has 0 atom stereocenters. The highest BCUT2D eigenvalue weighted by Gasteiger charge is 2.35. The Morgan fingerprint density at radius 1 is 1.12 bits per heavy atom. The second-order valence-electron chi connectivity index (χ2n) is 7.63. The van der Waals surface area contributed by atoms with Gasteiger partial charge in [0.1, 0.15) is 0 Å². The summed E-state index contributed by atoms with van der Waals surface area (Å²) in [6.07, 6.45) is 7.38. The first-order valence-corrected chi connectivity index (χ1v) is 9.49. The topological polar surface area (TPSA) is 58.4 Å². The fraction of sp³-hybridized carbons (Fsp3) is 0.650. The molecule has 0 spiro atoms. The molecular weight excluding hydrogens is 298 g/mol. The molecule has 1 aromatic rings. The summed E-state index contributed by atoms with van der Waals surface area (Å²) >= 11 is 0. The van der Waals surface area contributed by atoms with Gasteiger partial charge in [0.05, 0.1) is 5.54 Å². The molecule has 1 aliphatic heterocycles. The molecule has 3 rings (SSSR count). The van der Waals surface area contributed by atoms with Crippen molar-refractivity contribution in [1.82, 2.24) is 10.2 Å². The largest absolute Gasteiger partial charge is 0.354 e. The van der Waals surface area contributed by atoms with Crippen molar-refractivity contribution in [3.63, 3.8) is 0 Å². The highest BCUT2D eigenvalue weighted by molar-refractivity contribution is 5.86. The van der Waals surface area contributed by atoms with Crippen molar-refractivity contribution in [2.24, 2.45) is 11.7 Å². The quantitative estimate of drug-likeness (QED) is 0.873. The Morgan fingerprint density at radius 3 is 2.46 bits per heavy atom. The van der Waals surface area contributed by atoms with E-state index in [-0.39, 0.29) is 5.91 Å². The molecule has 1 heterocycles. The minimum atomic E-state index is -0.605. The van der Waals surface area contributed by atoms with Crippen LogP contribution >= 0.6 is 0 Å². The van der Waals surface area contributed by atoms with E-state index in [1.165, 1.54) is 12.0 Å². The normalized spacial score (nSPS) is 22.2. The number of nitrogens with zero attached hydrogens (tertiary/aromatic N) is 1. The van der Waals surface area contributed by atoms with Crippen molar-refractivity contribution in [3.05, 3.63) is 35.9 Å². The summed E-state index contributed by atoms with van der Waals surface area (Å²) in [6.45, 7) is 4.05. The number of carbonyl (C=O) groups is 1. The Kier molecular flexibility index (Phi) is 5.90. The van der Waals surface area contributed by atoms with Crippen LogP contribution in [0.4, 0.5) is 0 Å². The summed E-state index contributed by atoms with van der Waals surface area (Å²) in [5, 5.41) is 3.14. The Morgan fingerprint density at radius 2 is 1.79 bits per heavy atom. The van der Waals surface area contributed by atoms with Gasteiger partial charge < -0.3 is 11.1 Å². The molecule has 3 N–H and O–H groups in total. The molecule has 1 aliphatic carbocycles. The molecule has 1 amide bonds. The number of piperidine rings is 1. The highest BCUT2D eigenvalue weighted by atomic mass is 16.2. The maximum atomic E-state index is 12.4. The van der Waals surface area contributed by atoms with Gasteiger partial charge in [-0.15, -0.1) is 0 Å². The van der Waals surface area contributed by atoms with Gasteiger partial charge in [-0.2, -0.15) is 0 Å². The average Bonchev–Trinajstić information content (AvgIpc) is 2.62. The zero-order valence-electron chi connectivity index (χ0n) is 14.7. The maximum Gasteiger partial charge on any atom is 0.240 e. The smallest absolute Gasteiger partial charge is 0.240 e. The minimum absolute atomic E-state index is 0.0777. The molecule has 24 heavy (non-hydrogen) atoms. The molecule has 132 valence electrons. The van der Waals surface area contributed by atoms with Crippen LogP contribution in [-0.4, -0.2) is 36.0 Å². The van der Waals surface area contributed by atoms with E-state index in [1.54, 1.807) is 0 Å². The summed E-state index contributed by atoms with van der Waals surface area (Å²) in [5.74, 6) is 0.669. The molecule has 0 radical (unpaired) electrons. The van der Waals surface area contributed by atoms with Crippen LogP contribution in [-0.2, 0) is 11.3 Å². The molecular formula is C20H31N3O. The lowest BCUT2D eigenvalue weighted by atomic mass is 9.81. The van der Waals surface area contributed by atoms with E-state index in [0.29, 0.717) is 5.92 Å². The second-order valence-corrected chi connectivity index (χ2v) is 7.63. The lowest BCUT2D eigenvalue weighted by Gasteiger charge is -2.34. The zero-order chi connectivity index (χ0) is 16.8. The zero-order valence-corrected chi connectivity index (χ0v) is 14.7. The summed E-state index contributed by atoms with van der Waals surface area (Å²) in [6, 6.07) is 10.7. The van der Waals surface area contributed by atoms with Crippen molar-refractivity contribution in [2.45, 2.75) is 57.0 Å². The number of benzene rings is 1. The Balaban J connectivity index is 1.38. The number of hydrogen-bond donors (Lipinski definition) is 2. The molecule has 0 bridgehead atoms. The standard InChI is InChI=1S/C20H31N3O/c21-20(11-5-2-6-12-20)19(24)22-15-17-9-13-23(14-10-17)16-18-7-3-1-4-8-18/h1,3-4,7-8,17H,2,5-6,9-16,21H2,(H,22,24). The number of amides is 1. The maximum absolute atomic E-state index is 12.4. The summed E-state index contributed by atoms with van der Waals surface area (Å²) in [5.41, 5.74) is 7.08.